The highest BCUT2D eigenvalue weighted by Gasteiger charge is 2.40. The van der Waals surface area contributed by atoms with Gasteiger partial charge in [-0.15, -0.1) is 0 Å². The third kappa shape index (κ3) is 7.10. The number of urea groups is 1. The van der Waals surface area contributed by atoms with Gasteiger partial charge in [-0.2, -0.15) is 13.2 Å². The number of likely N-dealkylation sites (tertiary alicyclic amines) is 1. The van der Waals surface area contributed by atoms with E-state index in [4.69, 9.17) is 16.3 Å². The smallest absolute Gasteiger partial charge is 0.416 e. The Balaban J connectivity index is 1.20. The number of allylic oxidation sites excluding steroid dienone is 2. The summed E-state index contributed by atoms with van der Waals surface area (Å²) >= 11 is 6.13. The number of nitrogens with zero attached hydrogens (tertiary/aromatic N) is 4. The summed E-state index contributed by atoms with van der Waals surface area (Å²) in [6, 6.07) is 10.0. The molecule has 1 aromatic carbocycles. The molecule has 1 aromatic heterocycles. The number of para-hydroxylation sites is 1. The Labute approximate surface area is 246 Å². The van der Waals surface area contributed by atoms with Crippen LogP contribution in [0.25, 0.3) is 0 Å². The molecule has 0 atom stereocenters. The quantitative estimate of drug-likeness (QED) is 0.436. The monoisotopic (exact) mass is 604 g/mol. The second-order valence-electron chi connectivity index (χ2n) is 10.3. The van der Waals surface area contributed by atoms with E-state index in [1.54, 1.807) is 47.4 Å². The number of pyridine rings is 1. The molecule has 2 saturated heterocycles. The normalized spacial score (nSPS) is 18.2. The highest BCUT2D eigenvalue weighted by Crippen LogP contribution is 2.36. The molecule has 42 heavy (non-hydrogen) atoms. The number of hydrogen-bond donors (Lipinski definition) is 2. The van der Waals surface area contributed by atoms with Gasteiger partial charge in [0, 0.05) is 39.3 Å². The Hall–Kier alpha value is -3.93. The molecule has 2 fully saturated rings. The third-order valence-electron chi connectivity index (χ3n) is 7.42. The molecule has 3 amide bonds. The Morgan fingerprint density at radius 1 is 0.905 bits per heavy atom. The van der Waals surface area contributed by atoms with Crippen LogP contribution in [0.1, 0.15) is 32.1 Å². The van der Waals surface area contributed by atoms with Crippen LogP contribution in [-0.2, 0) is 9.53 Å². The maximum Gasteiger partial charge on any atom is 0.416 e. The third-order valence-corrected chi connectivity index (χ3v) is 7.75. The predicted molar refractivity (Wildman–Crippen MR) is 154 cm³/mol. The second kappa shape index (κ2) is 12.9. The van der Waals surface area contributed by atoms with Gasteiger partial charge in [0.25, 0.3) is 5.91 Å². The largest absolute Gasteiger partial charge is 0.435 e. The SMILES string of the molecule is O=C(Nc1ccc(N2CCN(C(=O)Nc3ccccc3Cl)CC2)nc1)C1=C(C(F)(F)F)CCC=C(N2CCCCC2)O1. The van der Waals surface area contributed by atoms with Gasteiger partial charge in [-0.05, 0) is 62.4 Å². The van der Waals surface area contributed by atoms with E-state index in [1.807, 2.05) is 9.80 Å². The number of hydrogen-bond acceptors (Lipinski definition) is 6. The molecule has 0 saturated carbocycles. The van der Waals surface area contributed by atoms with Crippen LogP contribution >= 0.6 is 11.6 Å². The number of piperazine rings is 1. The molecule has 0 unspecified atom stereocenters. The zero-order chi connectivity index (χ0) is 29.7. The molecule has 0 aliphatic carbocycles. The topological polar surface area (TPSA) is 90.0 Å². The highest BCUT2D eigenvalue weighted by molar-refractivity contribution is 6.33. The van der Waals surface area contributed by atoms with E-state index in [1.165, 1.54) is 6.20 Å². The summed E-state index contributed by atoms with van der Waals surface area (Å²) in [4.78, 5) is 35.7. The fraction of sp³-hybridized carbons (Fsp3) is 0.414. The number of alkyl halides is 3. The van der Waals surface area contributed by atoms with Crippen molar-refractivity contribution in [2.24, 2.45) is 0 Å². The number of anilines is 3. The summed E-state index contributed by atoms with van der Waals surface area (Å²) in [6.07, 6.45) is 1.00. The summed E-state index contributed by atoms with van der Waals surface area (Å²) in [5.74, 6) is -0.783. The molecule has 0 radical (unpaired) electrons. The van der Waals surface area contributed by atoms with Crippen LogP contribution in [0, 0.1) is 0 Å². The van der Waals surface area contributed by atoms with E-state index in [0.717, 1.165) is 19.3 Å². The number of carbonyl (C=O) groups excluding carboxylic acids is 2. The number of halogens is 4. The lowest BCUT2D eigenvalue weighted by Crippen LogP contribution is -2.50. The lowest BCUT2D eigenvalue weighted by atomic mass is 10.1. The fourth-order valence-corrected chi connectivity index (χ4v) is 5.34. The van der Waals surface area contributed by atoms with Crippen molar-refractivity contribution >= 4 is 40.7 Å². The molecule has 4 heterocycles. The zero-order valence-corrected chi connectivity index (χ0v) is 23.7. The van der Waals surface area contributed by atoms with E-state index >= 15 is 0 Å². The molecule has 2 N–H and O–H groups in total. The first-order valence-electron chi connectivity index (χ1n) is 13.9. The van der Waals surface area contributed by atoms with Crippen LogP contribution in [0.15, 0.2) is 65.9 Å². The van der Waals surface area contributed by atoms with Crippen molar-refractivity contribution in [2.75, 3.05) is 54.8 Å². The minimum atomic E-state index is -4.70. The average Bonchev–Trinajstić information content (AvgIpc) is 3.23. The Kier molecular flexibility index (Phi) is 9.10. The van der Waals surface area contributed by atoms with Gasteiger partial charge < -0.3 is 30.1 Å². The molecule has 5 rings (SSSR count). The Morgan fingerprint density at radius 2 is 1.64 bits per heavy atom. The standard InChI is InChI=1S/C29H32ClF3N6O3/c30-22-8-2-3-9-23(22)36-28(41)39-17-15-37(16-18-39)24-12-11-20(19-34-24)35-27(40)26-21(29(31,32)33)7-6-10-25(42-26)38-13-4-1-5-14-38/h2-3,8-12,19H,1,4-7,13-18H2,(H,35,40)(H,36,41). The van der Waals surface area contributed by atoms with Crippen LogP contribution < -0.4 is 15.5 Å². The van der Waals surface area contributed by atoms with E-state index in [9.17, 15) is 22.8 Å². The van der Waals surface area contributed by atoms with Gasteiger partial charge in [0.05, 0.1) is 28.2 Å². The molecule has 0 bridgehead atoms. The zero-order valence-electron chi connectivity index (χ0n) is 22.9. The minimum absolute atomic E-state index is 0.128. The van der Waals surface area contributed by atoms with Crippen molar-refractivity contribution in [2.45, 2.75) is 38.3 Å². The predicted octanol–water partition coefficient (Wildman–Crippen LogP) is 5.98. The minimum Gasteiger partial charge on any atom is -0.435 e. The van der Waals surface area contributed by atoms with Crippen molar-refractivity contribution in [1.29, 1.82) is 0 Å². The van der Waals surface area contributed by atoms with Crippen molar-refractivity contribution in [3.05, 3.63) is 70.9 Å². The summed E-state index contributed by atoms with van der Waals surface area (Å²) in [6.45, 7) is 3.30. The van der Waals surface area contributed by atoms with Crippen molar-refractivity contribution in [1.82, 2.24) is 14.8 Å². The van der Waals surface area contributed by atoms with Gasteiger partial charge in [-0.1, -0.05) is 23.7 Å². The van der Waals surface area contributed by atoms with Crippen LogP contribution in [0.4, 0.5) is 35.2 Å². The van der Waals surface area contributed by atoms with Gasteiger partial charge in [-0.25, -0.2) is 9.78 Å². The molecule has 3 aliphatic heterocycles. The summed E-state index contributed by atoms with van der Waals surface area (Å²) in [5.41, 5.74) is -0.201. The van der Waals surface area contributed by atoms with Gasteiger partial charge in [0.1, 0.15) is 5.82 Å². The van der Waals surface area contributed by atoms with Gasteiger partial charge in [0.15, 0.2) is 5.88 Å². The van der Waals surface area contributed by atoms with Crippen LogP contribution in [0.2, 0.25) is 5.02 Å². The van der Waals surface area contributed by atoms with E-state index in [2.05, 4.69) is 15.6 Å². The second-order valence-corrected chi connectivity index (χ2v) is 10.7. The van der Waals surface area contributed by atoms with E-state index < -0.39 is 23.4 Å². The average molecular weight is 605 g/mol. The molecule has 3 aliphatic rings. The number of benzene rings is 1. The molecule has 9 nitrogen and oxygen atoms in total. The molecule has 224 valence electrons. The lowest BCUT2D eigenvalue weighted by molar-refractivity contribution is -0.119. The van der Waals surface area contributed by atoms with Crippen LogP contribution in [0.5, 0.6) is 0 Å². The number of carbonyl (C=O) groups is 2. The molecule has 2 aromatic rings. The summed E-state index contributed by atoms with van der Waals surface area (Å²) < 4.78 is 47.4. The van der Waals surface area contributed by atoms with Crippen molar-refractivity contribution in [3.8, 4) is 0 Å². The number of ether oxygens (including phenoxy) is 1. The van der Waals surface area contributed by atoms with Gasteiger partial charge in [-0.3, -0.25) is 4.79 Å². The van der Waals surface area contributed by atoms with Crippen molar-refractivity contribution < 1.29 is 27.5 Å². The first-order valence-corrected chi connectivity index (χ1v) is 14.3. The summed E-state index contributed by atoms with van der Waals surface area (Å²) in [5, 5.41) is 5.79. The maximum absolute atomic E-state index is 13.9. The Bertz CT molecular complexity index is 1350. The van der Waals surface area contributed by atoms with Gasteiger partial charge >= 0.3 is 12.2 Å². The number of aromatic nitrogens is 1. The van der Waals surface area contributed by atoms with Gasteiger partial charge in [0.2, 0.25) is 5.76 Å². The first-order chi connectivity index (χ1) is 20.2. The van der Waals surface area contributed by atoms with Crippen LogP contribution in [-0.4, -0.2) is 72.2 Å². The summed E-state index contributed by atoms with van der Waals surface area (Å²) in [7, 11) is 0. The fourth-order valence-electron chi connectivity index (χ4n) is 5.15. The highest BCUT2D eigenvalue weighted by atomic mass is 35.5. The molecule has 0 spiro atoms. The van der Waals surface area contributed by atoms with E-state index in [-0.39, 0.29) is 24.6 Å². The number of piperidine rings is 1. The first kappa shape index (κ1) is 29.6. The number of amides is 3. The lowest BCUT2D eigenvalue weighted by Gasteiger charge is -2.35. The number of nitrogens with one attached hydrogen (secondary N) is 2. The molecular formula is C29H32ClF3N6O3. The van der Waals surface area contributed by atoms with E-state index in [0.29, 0.717) is 61.7 Å². The molecule has 13 heteroatoms. The van der Waals surface area contributed by atoms with Crippen molar-refractivity contribution in [3.63, 3.8) is 0 Å². The molecular weight excluding hydrogens is 573 g/mol. The van der Waals surface area contributed by atoms with Crippen LogP contribution in [0.3, 0.4) is 0 Å². The number of rotatable bonds is 5. The Morgan fingerprint density at radius 3 is 2.31 bits per heavy atom. The maximum atomic E-state index is 13.9.